The summed E-state index contributed by atoms with van der Waals surface area (Å²) in [6.45, 7) is 0. The number of hydrogen-bond acceptors (Lipinski definition) is 5. The molecule has 9 heteroatoms. The molecule has 3 aromatic rings. The van der Waals surface area contributed by atoms with Crippen LogP contribution in [0.25, 0.3) is 0 Å². The molecule has 0 amide bonds. The molecule has 0 radical (unpaired) electrons. The normalized spacial score (nSPS) is 11.2. The van der Waals surface area contributed by atoms with Crippen LogP contribution >= 0.6 is 0 Å². The lowest BCUT2D eigenvalue weighted by Crippen LogP contribution is -2.06. The molecule has 0 saturated heterocycles. The average molecular weight is 349 g/mol. The minimum atomic E-state index is -4.44. The third kappa shape index (κ3) is 4.40. The van der Waals surface area contributed by atoms with Gasteiger partial charge >= 0.3 is 6.18 Å². The van der Waals surface area contributed by atoms with Crippen molar-refractivity contribution in [3.05, 3.63) is 66.1 Å². The second kappa shape index (κ2) is 6.71. The number of rotatable bonds is 4. The molecule has 0 aliphatic carbocycles. The summed E-state index contributed by atoms with van der Waals surface area (Å²) in [5.41, 5.74) is -0.164. The van der Waals surface area contributed by atoms with Gasteiger partial charge in [0.2, 0.25) is 5.95 Å². The molecule has 0 atom stereocenters. The van der Waals surface area contributed by atoms with E-state index in [9.17, 15) is 17.6 Å². The quantitative estimate of drug-likeness (QED) is 0.678. The molecule has 2 aromatic carbocycles. The third-order valence-corrected chi connectivity index (χ3v) is 3.10. The van der Waals surface area contributed by atoms with Crippen molar-refractivity contribution in [2.75, 3.05) is 10.6 Å². The van der Waals surface area contributed by atoms with Crippen molar-refractivity contribution >= 4 is 23.1 Å². The highest BCUT2D eigenvalue weighted by molar-refractivity contribution is 5.59. The van der Waals surface area contributed by atoms with E-state index in [0.717, 1.165) is 12.1 Å². The van der Waals surface area contributed by atoms with Crippen LogP contribution in [0, 0.1) is 5.82 Å². The number of anilines is 4. The fourth-order valence-electron chi connectivity index (χ4n) is 2.03. The zero-order valence-corrected chi connectivity index (χ0v) is 12.5. The van der Waals surface area contributed by atoms with Crippen LogP contribution in [0.5, 0.6) is 0 Å². The SMILES string of the molecule is Fc1cccc(Nc2nncc(Nc3cccc(C(F)(F)F)c3)n2)c1. The Balaban J connectivity index is 1.78. The number of nitrogens with one attached hydrogen (secondary N) is 2. The van der Waals surface area contributed by atoms with E-state index in [1.54, 1.807) is 6.07 Å². The number of aromatic nitrogens is 3. The Hall–Kier alpha value is -3.23. The molecule has 25 heavy (non-hydrogen) atoms. The number of nitrogens with zero attached hydrogens (tertiary/aromatic N) is 3. The predicted octanol–water partition coefficient (Wildman–Crippen LogP) is 4.52. The summed E-state index contributed by atoms with van der Waals surface area (Å²) in [6.07, 6.45) is -3.18. The topological polar surface area (TPSA) is 62.7 Å². The Kier molecular flexibility index (Phi) is 4.46. The number of halogens is 4. The van der Waals surface area contributed by atoms with E-state index in [2.05, 4.69) is 25.8 Å². The highest BCUT2D eigenvalue weighted by Gasteiger charge is 2.30. The Bertz CT molecular complexity index is 882. The second-order valence-electron chi connectivity index (χ2n) is 5.00. The first kappa shape index (κ1) is 16.6. The van der Waals surface area contributed by atoms with E-state index in [1.165, 1.54) is 36.5 Å². The Labute approximate surface area is 139 Å². The second-order valence-corrected chi connectivity index (χ2v) is 5.00. The molecule has 0 bridgehead atoms. The van der Waals surface area contributed by atoms with Crippen LogP contribution in [0.15, 0.2) is 54.7 Å². The van der Waals surface area contributed by atoms with Gasteiger partial charge in [-0.2, -0.15) is 23.3 Å². The van der Waals surface area contributed by atoms with Gasteiger partial charge in [0.25, 0.3) is 0 Å². The van der Waals surface area contributed by atoms with Gasteiger partial charge in [0.1, 0.15) is 5.82 Å². The van der Waals surface area contributed by atoms with Gasteiger partial charge in [0.15, 0.2) is 5.82 Å². The zero-order chi connectivity index (χ0) is 17.9. The molecular weight excluding hydrogens is 338 g/mol. The van der Waals surface area contributed by atoms with Crippen molar-refractivity contribution in [2.24, 2.45) is 0 Å². The van der Waals surface area contributed by atoms with E-state index in [0.29, 0.717) is 5.69 Å². The van der Waals surface area contributed by atoms with Crippen LogP contribution in [0.3, 0.4) is 0 Å². The van der Waals surface area contributed by atoms with E-state index in [-0.39, 0.29) is 17.5 Å². The van der Waals surface area contributed by atoms with Crippen LogP contribution in [0.1, 0.15) is 5.56 Å². The van der Waals surface area contributed by atoms with Crippen molar-refractivity contribution in [2.45, 2.75) is 6.18 Å². The standard InChI is InChI=1S/C16H11F4N5/c17-11-4-2-6-13(8-11)23-15-24-14(9-21-25-15)22-12-5-1-3-10(7-12)16(18,19)20/h1-9H,(H2,22,23,24,25). The third-order valence-electron chi connectivity index (χ3n) is 3.10. The largest absolute Gasteiger partial charge is 0.416 e. The highest BCUT2D eigenvalue weighted by Crippen LogP contribution is 2.31. The first-order valence-electron chi connectivity index (χ1n) is 7.07. The van der Waals surface area contributed by atoms with Crippen LogP contribution in [0.4, 0.5) is 40.7 Å². The van der Waals surface area contributed by atoms with Gasteiger partial charge < -0.3 is 10.6 Å². The molecule has 0 aliphatic rings. The van der Waals surface area contributed by atoms with Gasteiger partial charge in [-0.05, 0) is 36.4 Å². The van der Waals surface area contributed by atoms with Crippen molar-refractivity contribution in [1.82, 2.24) is 15.2 Å². The number of alkyl halides is 3. The smallest absolute Gasteiger partial charge is 0.339 e. The maximum absolute atomic E-state index is 13.2. The van der Waals surface area contributed by atoms with Crippen LogP contribution < -0.4 is 10.6 Å². The number of benzene rings is 2. The number of hydrogen-bond donors (Lipinski definition) is 2. The van der Waals surface area contributed by atoms with Crippen molar-refractivity contribution in [1.29, 1.82) is 0 Å². The zero-order valence-electron chi connectivity index (χ0n) is 12.5. The predicted molar refractivity (Wildman–Crippen MR) is 84.2 cm³/mol. The van der Waals surface area contributed by atoms with Crippen molar-refractivity contribution in [3.8, 4) is 0 Å². The molecule has 1 aromatic heterocycles. The summed E-state index contributed by atoms with van der Waals surface area (Å²) in [5, 5.41) is 13.0. The lowest BCUT2D eigenvalue weighted by molar-refractivity contribution is -0.137. The van der Waals surface area contributed by atoms with Gasteiger partial charge in [-0.25, -0.2) is 4.39 Å². The van der Waals surface area contributed by atoms with Crippen LogP contribution in [0.2, 0.25) is 0 Å². The monoisotopic (exact) mass is 349 g/mol. The van der Waals surface area contributed by atoms with Gasteiger partial charge in [-0.15, -0.1) is 5.10 Å². The summed E-state index contributed by atoms with van der Waals surface area (Å²) in [7, 11) is 0. The molecule has 0 fully saturated rings. The van der Waals surface area contributed by atoms with E-state index in [1.807, 2.05) is 0 Å². The molecule has 0 saturated carbocycles. The molecule has 0 spiro atoms. The van der Waals surface area contributed by atoms with E-state index in [4.69, 9.17) is 0 Å². The highest BCUT2D eigenvalue weighted by atomic mass is 19.4. The molecule has 128 valence electrons. The fraction of sp³-hybridized carbons (Fsp3) is 0.0625. The summed E-state index contributed by atoms with van der Waals surface area (Å²) in [6, 6.07) is 10.3. The minimum Gasteiger partial charge on any atom is -0.339 e. The molecular formula is C16H11F4N5. The molecule has 1 heterocycles. The summed E-state index contributed by atoms with van der Waals surface area (Å²) < 4.78 is 51.4. The van der Waals surface area contributed by atoms with Gasteiger partial charge in [-0.1, -0.05) is 12.1 Å². The van der Waals surface area contributed by atoms with E-state index < -0.39 is 17.6 Å². The molecule has 2 N–H and O–H groups in total. The summed E-state index contributed by atoms with van der Waals surface area (Å²) in [4.78, 5) is 4.09. The minimum absolute atomic E-state index is 0.0718. The summed E-state index contributed by atoms with van der Waals surface area (Å²) >= 11 is 0. The molecule has 0 unspecified atom stereocenters. The van der Waals surface area contributed by atoms with Crippen molar-refractivity contribution < 1.29 is 17.6 Å². The van der Waals surface area contributed by atoms with Crippen molar-refractivity contribution in [3.63, 3.8) is 0 Å². The van der Waals surface area contributed by atoms with Gasteiger partial charge in [0.05, 0.1) is 11.8 Å². The fourth-order valence-corrected chi connectivity index (χ4v) is 2.03. The molecule has 3 rings (SSSR count). The molecule has 0 aliphatic heterocycles. The lowest BCUT2D eigenvalue weighted by Gasteiger charge is -2.10. The van der Waals surface area contributed by atoms with Gasteiger partial charge in [0, 0.05) is 11.4 Å². The first-order valence-corrected chi connectivity index (χ1v) is 7.07. The maximum Gasteiger partial charge on any atom is 0.416 e. The maximum atomic E-state index is 13.2. The first-order chi connectivity index (χ1) is 11.9. The Morgan fingerprint density at radius 1 is 0.880 bits per heavy atom. The van der Waals surface area contributed by atoms with E-state index >= 15 is 0 Å². The Morgan fingerprint density at radius 2 is 1.60 bits per heavy atom. The van der Waals surface area contributed by atoms with Crippen LogP contribution in [-0.4, -0.2) is 15.2 Å². The van der Waals surface area contributed by atoms with Gasteiger partial charge in [-0.3, -0.25) is 0 Å². The van der Waals surface area contributed by atoms with Crippen LogP contribution in [-0.2, 0) is 6.18 Å². The Morgan fingerprint density at radius 3 is 2.32 bits per heavy atom. The lowest BCUT2D eigenvalue weighted by atomic mass is 10.2. The molecule has 5 nitrogen and oxygen atoms in total. The average Bonchev–Trinajstić information content (AvgIpc) is 2.55. The summed E-state index contributed by atoms with van der Waals surface area (Å²) in [5.74, 6) is -0.174.